The van der Waals surface area contributed by atoms with E-state index in [0.717, 1.165) is 5.69 Å². The highest BCUT2D eigenvalue weighted by Gasteiger charge is 2.15. The zero-order chi connectivity index (χ0) is 10.3. The molecule has 0 aliphatic carbocycles. The van der Waals surface area contributed by atoms with Crippen molar-refractivity contribution in [1.29, 1.82) is 0 Å². The van der Waals surface area contributed by atoms with Crippen molar-refractivity contribution in [2.24, 2.45) is 0 Å². The van der Waals surface area contributed by atoms with Crippen molar-refractivity contribution in [1.82, 2.24) is 0 Å². The second-order valence-electron chi connectivity index (χ2n) is 3.36. The first-order chi connectivity index (χ1) is 7.33. The minimum Gasteiger partial charge on any atom is -0.399 e. The van der Waals surface area contributed by atoms with Gasteiger partial charge in [-0.2, -0.15) is 0 Å². The predicted molar refractivity (Wildman–Crippen MR) is 65.5 cm³/mol. The van der Waals surface area contributed by atoms with Gasteiger partial charge in [-0.25, -0.2) is 0 Å². The molecule has 1 heterocycles. The van der Waals surface area contributed by atoms with E-state index in [-0.39, 0.29) is 0 Å². The number of nitrogens with two attached hydrogens (primary N) is 1. The number of fused-ring (bicyclic) bond motifs is 2. The summed E-state index contributed by atoms with van der Waals surface area (Å²) in [5.41, 5.74) is 6.61. The topological polar surface area (TPSA) is 26.0 Å². The molecule has 0 fully saturated rings. The van der Waals surface area contributed by atoms with Crippen molar-refractivity contribution in [2.45, 2.75) is 19.6 Å². The van der Waals surface area contributed by atoms with Crippen molar-refractivity contribution in [3.05, 3.63) is 42.5 Å². The Morgan fingerprint density at radius 1 is 0.733 bits per heavy atom. The maximum absolute atomic E-state index is 5.78. The van der Waals surface area contributed by atoms with E-state index in [1.807, 2.05) is 23.9 Å². The highest BCUT2D eigenvalue weighted by Crippen LogP contribution is 2.48. The van der Waals surface area contributed by atoms with Crippen LogP contribution in [0.2, 0.25) is 0 Å². The summed E-state index contributed by atoms with van der Waals surface area (Å²) in [6, 6.07) is 14.6. The minimum atomic E-state index is 0.834. The average Bonchev–Trinajstić information content (AvgIpc) is 2.26. The lowest BCUT2D eigenvalue weighted by atomic mass is 10.3. The monoisotopic (exact) mass is 231 g/mol. The smallest absolute Gasteiger partial charge is 0.0326 e. The normalized spacial score (nSPS) is 13.1. The predicted octanol–water partition coefficient (Wildman–Crippen LogP) is 3.88. The van der Waals surface area contributed by atoms with E-state index in [1.165, 1.54) is 19.6 Å². The van der Waals surface area contributed by atoms with Gasteiger partial charge < -0.3 is 5.73 Å². The lowest BCUT2D eigenvalue weighted by molar-refractivity contribution is 1.16. The fraction of sp³-hybridized carbons (Fsp3) is 0. The highest BCUT2D eigenvalue weighted by atomic mass is 32.2. The van der Waals surface area contributed by atoms with E-state index in [2.05, 4.69) is 30.3 Å². The van der Waals surface area contributed by atoms with E-state index in [4.69, 9.17) is 5.73 Å². The molecule has 0 spiro atoms. The van der Waals surface area contributed by atoms with Gasteiger partial charge in [-0.05, 0) is 30.3 Å². The van der Waals surface area contributed by atoms with Gasteiger partial charge in [-0.3, -0.25) is 0 Å². The molecule has 0 atom stereocenters. The van der Waals surface area contributed by atoms with E-state index in [1.54, 1.807) is 11.8 Å². The molecule has 15 heavy (non-hydrogen) atoms. The Morgan fingerprint density at radius 2 is 1.33 bits per heavy atom. The lowest BCUT2D eigenvalue weighted by Crippen LogP contribution is -1.91. The second-order valence-corrected chi connectivity index (χ2v) is 5.52. The summed E-state index contributed by atoms with van der Waals surface area (Å²) in [7, 11) is 0. The fourth-order valence-electron chi connectivity index (χ4n) is 1.54. The Morgan fingerprint density at radius 3 is 2.07 bits per heavy atom. The van der Waals surface area contributed by atoms with Crippen LogP contribution in [0.5, 0.6) is 0 Å². The summed E-state index contributed by atoms with van der Waals surface area (Å²) in [6.45, 7) is 0. The quantitative estimate of drug-likeness (QED) is 0.594. The molecule has 3 rings (SSSR count). The molecule has 0 bridgehead atoms. The molecule has 0 saturated carbocycles. The number of hydrogen-bond donors (Lipinski definition) is 1. The fourth-order valence-corrected chi connectivity index (χ4v) is 3.81. The van der Waals surface area contributed by atoms with Gasteiger partial charge in [0.25, 0.3) is 0 Å². The molecule has 0 radical (unpaired) electrons. The molecule has 0 saturated heterocycles. The van der Waals surface area contributed by atoms with Gasteiger partial charge in [0.15, 0.2) is 0 Å². The van der Waals surface area contributed by atoms with Crippen molar-refractivity contribution >= 4 is 29.2 Å². The van der Waals surface area contributed by atoms with Crippen molar-refractivity contribution in [3.63, 3.8) is 0 Å². The number of hydrogen-bond acceptors (Lipinski definition) is 3. The highest BCUT2D eigenvalue weighted by molar-refractivity contribution is 8.05. The third kappa shape index (κ3) is 1.62. The Balaban J connectivity index is 2.11. The first kappa shape index (κ1) is 9.19. The van der Waals surface area contributed by atoms with Crippen LogP contribution in [0.1, 0.15) is 0 Å². The molecular formula is C12H9NS2. The Bertz CT molecular complexity index is 523. The van der Waals surface area contributed by atoms with Crippen LogP contribution in [-0.4, -0.2) is 0 Å². The van der Waals surface area contributed by atoms with Crippen LogP contribution in [0, 0.1) is 0 Å². The van der Waals surface area contributed by atoms with E-state index < -0.39 is 0 Å². The molecule has 2 N–H and O–H groups in total. The standard InChI is InChI=1S/C12H9NS2/c13-8-5-6-11-12(7-8)15-10-4-2-1-3-9(10)14-11/h1-7H,13H2. The first-order valence-electron chi connectivity index (χ1n) is 4.67. The van der Waals surface area contributed by atoms with Crippen LogP contribution >= 0.6 is 23.5 Å². The third-order valence-electron chi connectivity index (χ3n) is 2.26. The summed E-state index contributed by atoms with van der Waals surface area (Å²) >= 11 is 3.61. The molecular weight excluding hydrogens is 222 g/mol. The van der Waals surface area contributed by atoms with Crippen LogP contribution in [0.25, 0.3) is 0 Å². The number of anilines is 1. The molecule has 0 aromatic heterocycles. The van der Waals surface area contributed by atoms with Crippen LogP contribution in [0.15, 0.2) is 62.0 Å². The zero-order valence-electron chi connectivity index (χ0n) is 7.94. The molecule has 1 nitrogen and oxygen atoms in total. The number of nitrogen functional groups attached to an aromatic ring is 1. The van der Waals surface area contributed by atoms with Crippen LogP contribution in [0.4, 0.5) is 5.69 Å². The van der Waals surface area contributed by atoms with Crippen molar-refractivity contribution in [2.75, 3.05) is 5.73 Å². The number of benzene rings is 2. The summed E-state index contributed by atoms with van der Waals surface area (Å²) < 4.78 is 0. The van der Waals surface area contributed by atoms with E-state index in [9.17, 15) is 0 Å². The molecule has 0 amide bonds. The zero-order valence-corrected chi connectivity index (χ0v) is 9.57. The molecule has 2 aromatic carbocycles. The minimum absolute atomic E-state index is 0.834. The van der Waals surface area contributed by atoms with Crippen LogP contribution < -0.4 is 5.73 Å². The van der Waals surface area contributed by atoms with Crippen LogP contribution in [-0.2, 0) is 0 Å². The van der Waals surface area contributed by atoms with E-state index in [0.29, 0.717) is 0 Å². The second kappa shape index (κ2) is 3.51. The third-order valence-corrected chi connectivity index (χ3v) is 4.80. The first-order valence-corrected chi connectivity index (χ1v) is 6.30. The lowest BCUT2D eigenvalue weighted by Gasteiger charge is -2.17. The molecule has 0 unspecified atom stereocenters. The maximum atomic E-state index is 5.78. The van der Waals surface area contributed by atoms with Gasteiger partial charge >= 0.3 is 0 Å². The number of rotatable bonds is 0. The Hall–Kier alpha value is -1.06. The molecule has 74 valence electrons. The van der Waals surface area contributed by atoms with Crippen molar-refractivity contribution in [3.8, 4) is 0 Å². The van der Waals surface area contributed by atoms with Gasteiger partial charge in [-0.1, -0.05) is 35.7 Å². The van der Waals surface area contributed by atoms with Crippen molar-refractivity contribution < 1.29 is 0 Å². The van der Waals surface area contributed by atoms with Gasteiger partial charge in [0.2, 0.25) is 0 Å². The summed E-state index contributed by atoms with van der Waals surface area (Å²) in [5.74, 6) is 0. The van der Waals surface area contributed by atoms with Gasteiger partial charge in [-0.15, -0.1) is 0 Å². The SMILES string of the molecule is Nc1ccc2c(c1)Sc1ccccc1S2. The summed E-state index contributed by atoms with van der Waals surface area (Å²) in [5, 5.41) is 0. The Labute approximate surface area is 97.1 Å². The van der Waals surface area contributed by atoms with Gasteiger partial charge in [0.1, 0.15) is 0 Å². The van der Waals surface area contributed by atoms with Gasteiger partial charge in [0, 0.05) is 25.3 Å². The summed E-state index contributed by atoms with van der Waals surface area (Å²) in [4.78, 5) is 5.21. The van der Waals surface area contributed by atoms with Crippen LogP contribution in [0.3, 0.4) is 0 Å². The molecule has 2 aromatic rings. The molecule has 1 aliphatic heterocycles. The maximum Gasteiger partial charge on any atom is 0.0326 e. The average molecular weight is 231 g/mol. The largest absolute Gasteiger partial charge is 0.399 e. The summed E-state index contributed by atoms with van der Waals surface area (Å²) in [6.07, 6.45) is 0. The van der Waals surface area contributed by atoms with Gasteiger partial charge in [0.05, 0.1) is 0 Å². The Kier molecular flexibility index (Phi) is 2.15. The molecule has 3 heteroatoms. The molecule has 1 aliphatic rings. The van der Waals surface area contributed by atoms with E-state index >= 15 is 0 Å².